The summed E-state index contributed by atoms with van der Waals surface area (Å²) < 4.78 is 33.8. The molecular formula is C17H22N4O4S. The predicted molar refractivity (Wildman–Crippen MR) is 96.9 cm³/mol. The van der Waals surface area contributed by atoms with Crippen LogP contribution in [-0.2, 0) is 28.4 Å². The molecule has 0 bridgehead atoms. The van der Waals surface area contributed by atoms with Gasteiger partial charge < -0.3 is 9.64 Å². The summed E-state index contributed by atoms with van der Waals surface area (Å²) in [6.07, 6.45) is 1.88. The van der Waals surface area contributed by atoms with Crippen molar-refractivity contribution in [2.24, 2.45) is 13.0 Å². The van der Waals surface area contributed by atoms with E-state index in [1.54, 1.807) is 24.2 Å². The van der Waals surface area contributed by atoms with Gasteiger partial charge in [-0.15, -0.1) is 0 Å². The van der Waals surface area contributed by atoms with Gasteiger partial charge in [0.15, 0.2) is 5.82 Å². The number of benzene rings is 1. The monoisotopic (exact) mass is 378 g/mol. The van der Waals surface area contributed by atoms with Crippen molar-refractivity contribution in [1.29, 1.82) is 0 Å². The number of aromatic nitrogens is 2. The summed E-state index contributed by atoms with van der Waals surface area (Å²) in [5, 5.41) is 4.01. The topological polar surface area (TPSA) is 93.5 Å². The summed E-state index contributed by atoms with van der Waals surface area (Å²) >= 11 is 0. The Balaban J connectivity index is 1.47. The first-order chi connectivity index (χ1) is 12.4. The van der Waals surface area contributed by atoms with E-state index in [2.05, 4.69) is 9.82 Å². The zero-order valence-corrected chi connectivity index (χ0v) is 15.4. The predicted octanol–water partition coefficient (Wildman–Crippen LogP) is 1.82. The second kappa shape index (κ2) is 7.77. The summed E-state index contributed by atoms with van der Waals surface area (Å²) in [5.41, 5.74) is 0.915. The molecular weight excluding hydrogens is 356 g/mol. The van der Waals surface area contributed by atoms with Gasteiger partial charge >= 0.3 is 6.09 Å². The Kier molecular flexibility index (Phi) is 5.46. The maximum absolute atomic E-state index is 12.3. The Morgan fingerprint density at radius 2 is 2.08 bits per heavy atom. The minimum Gasteiger partial charge on any atom is -0.445 e. The third kappa shape index (κ3) is 4.98. The van der Waals surface area contributed by atoms with E-state index in [1.165, 1.54) is 4.68 Å². The van der Waals surface area contributed by atoms with E-state index in [-0.39, 0.29) is 18.3 Å². The van der Waals surface area contributed by atoms with Crippen LogP contribution in [0.15, 0.2) is 42.6 Å². The van der Waals surface area contributed by atoms with Crippen LogP contribution in [0.5, 0.6) is 0 Å². The number of carbonyl (C=O) groups is 1. The number of hydrogen-bond donors (Lipinski definition) is 1. The number of sulfonamides is 1. The van der Waals surface area contributed by atoms with Crippen molar-refractivity contribution >= 4 is 21.9 Å². The average molecular weight is 378 g/mol. The van der Waals surface area contributed by atoms with Crippen molar-refractivity contribution in [2.45, 2.75) is 13.0 Å². The molecule has 1 amide bonds. The molecule has 0 aliphatic carbocycles. The van der Waals surface area contributed by atoms with Gasteiger partial charge in [0.05, 0.1) is 5.75 Å². The lowest BCUT2D eigenvalue weighted by atomic mass is 10.2. The van der Waals surface area contributed by atoms with E-state index >= 15 is 0 Å². The van der Waals surface area contributed by atoms with E-state index < -0.39 is 16.1 Å². The van der Waals surface area contributed by atoms with Gasteiger partial charge in [-0.05, 0) is 17.9 Å². The molecule has 26 heavy (non-hydrogen) atoms. The van der Waals surface area contributed by atoms with Gasteiger partial charge in [0.1, 0.15) is 6.61 Å². The highest BCUT2D eigenvalue weighted by atomic mass is 32.2. The highest BCUT2D eigenvalue weighted by Gasteiger charge is 2.31. The Morgan fingerprint density at radius 3 is 2.77 bits per heavy atom. The lowest BCUT2D eigenvalue weighted by Gasteiger charge is -2.16. The van der Waals surface area contributed by atoms with Crippen molar-refractivity contribution in [2.75, 3.05) is 23.6 Å². The molecule has 2 heterocycles. The average Bonchev–Trinajstić information content (AvgIpc) is 3.22. The Morgan fingerprint density at radius 1 is 1.31 bits per heavy atom. The molecule has 1 atom stereocenters. The fourth-order valence-electron chi connectivity index (χ4n) is 2.93. The van der Waals surface area contributed by atoms with E-state index in [4.69, 9.17) is 4.74 Å². The number of ether oxygens (including phenoxy) is 1. The second-order valence-corrected chi connectivity index (χ2v) is 8.17. The van der Waals surface area contributed by atoms with Crippen molar-refractivity contribution in [3.8, 4) is 0 Å². The van der Waals surface area contributed by atoms with E-state index in [9.17, 15) is 13.2 Å². The fourth-order valence-corrected chi connectivity index (χ4v) is 4.33. The summed E-state index contributed by atoms with van der Waals surface area (Å²) in [6.45, 7) is 1.08. The number of likely N-dealkylation sites (tertiary alicyclic amines) is 1. The molecule has 0 spiro atoms. The number of nitrogens with one attached hydrogen (secondary N) is 1. The number of nitrogens with zero attached hydrogens (tertiary/aromatic N) is 3. The van der Waals surface area contributed by atoms with Gasteiger partial charge in [0, 0.05) is 32.4 Å². The van der Waals surface area contributed by atoms with Gasteiger partial charge in [-0.25, -0.2) is 13.2 Å². The van der Waals surface area contributed by atoms with Crippen LogP contribution in [0, 0.1) is 5.92 Å². The van der Waals surface area contributed by atoms with Gasteiger partial charge in [-0.2, -0.15) is 5.10 Å². The second-order valence-electron chi connectivity index (χ2n) is 6.40. The number of rotatable bonds is 6. The summed E-state index contributed by atoms with van der Waals surface area (Å²) in [7, 11) is -1.80. The molecule has 1 saturated heterocycles. The molecule has 0 saturated carbocycles. The van der Waals surface area contributed by atoms with Crippen LogP contribution in [0.4, 0.5) is 10.6 Å². The molecule has 2 aromatic rings. The Bertz CT molecular complexity index is 851. The molecule has 1 N–H and O–H groups in total. The first-order valence-corrected chi connectivity index (χ1v) is 10.0. The van der Waals surface area contributed by atoms with Crippen LogP contribution < -0.4 is 4.72 Å². The van der Waals surface area contributed by atoms with Crippen molar-refractivity contribution < 1.29 is 17.9 Å². The first-order valence-electron chi connectivity index (χ1n) is 8.37. The Hall–Kier alpha value is -2.55. The highest BCUT2D eigenvalue weighted by Crippen LogP contribution is 2.20. The zero-order valence-electron chi connectivity index (χ0n) is 14.5. The minimum atomic E-state index is -3.51. The molecule has 8 nitrogen and oxygen atoms in total. The van der Waals surface area contributed by atoms with Crippen LogP contribution in [0.3, 0.4) is 0 Å². The van der Waals surface area contributed by atoms with E-state index in [0.717, 1.165) is 5.56 Å². The maximum Gasteiger partial charge on any atom is 0.410 e. The fraction of sp³-hybridized carbons (Fsp3) is 0.412. The Labute approximate surface area is 152 Å². The molecule has 1 aliphatic heterocycles. The standard InChI is InChI=1S/C17H22N4O4S/c1-20-9-8-16(18-20)19-26(23,24)13-15-7-10-21(11-15)17(22)25-12-14-5-3-2-4-6-14/h2-6,8-9,15H,7,10-13H2,1H3,(H,18,19). The quantitative estimate of drug-likeness (QED) is 0.828. The lowest BCUT2D eigenvalue weighted by Crippen LogP contribution is -2.31. The smallest absolute Gasteiger partial charge is 0.410 e. The summed E-state index contributed by atoms with van der Waals surface area (Å²) in [5.74, 6) is 0.122. The zero-order chi connectivity index (χ0) is 18.6. The number of hydrogen-bond acceptors (Lipinski definition) is 5. The number of aryl methyl sites for hydroxylation is 1. The molecule has 9 heteroatoms. The van der Waals surface area contributed by atoms with Crippen LogP contribution in [0.25, 0.3) is 0 Å². The molecule has 1 aromatic carbocycles. The molecule has 0 radical (unpaired) electrons. The van der Waals surface area contributed by atoms with Crippen molar-refractivity contribution in [3.05, 3.63) is 48.2 Å². The summed E-state index contributed by atoms with van der Waals surface area (Å²) in [4.78, 5) is 13.7. The van der Waals surface area contributed by atoms with E-state index in [0.29, 0.717) is 25.3 Å². The minimum absolute atomic E-state index is 0.0496. The van der Waals surface area contributed by atoms with Crippen LogP contribution in [0.1, 0.15) is 12.0 Å². The van der Waals surface area contributed by atoms with Gasteiger partial charge in [-0.1, -0.05) is 30.3 Å². The number of amides is 1. The molecule has 1 fully saturated rings. The first kappa shape index (κ1) is 18.2. The van der Waals surface area contributed by atoms with Gasteiger partial charge in [-0.3, -0.25) is 9.40 Å². The molecule has 1 unspecified atom stereocenters. The SMILES string of the molecule is Cn1ccc(NS(=O)(=O)CC2CCN(C(=O)OCc3ccccc3)C2)n1. The van der Waals surface area contributed by atoms with Crippen LogP contribution >= 0.6 is 0 Å². The third-order valence-corrected chi connectivity index (χ3v) is 5.61. The van der Waals surface area contributed by atoms with Gasteiger partial charge in [0.25, 0.3) is 0 Å². The van der Waals surface area contributed by atoms with Crippen molar-refractivity contribution in [1.82, 2.24) is 14.7 Å². The van der Waals surface area contributed by atoms with Crippen LogP contribution in [-0.4, -0.2) is 48.0 Å². The molecule has 3 rings (SSSR count). The highest BCUT2D eigenvalue weighted by molar-refractivity contribution is 7.92. The third-order valence-electron chi connectivity index (χ3n) is 4.18. The van der Waals surface area contributed by atoms with E-state index in [1.807, 2.05) is 30.3 Å². The summed E-state index contributed by atoms with van der Waals surface area (Å²) in [6, 6.07) is 11.0. The molecule has 1 aliphatic rings. The van der Waals surface area contributed by atoms with Gasteiger partial charge in [0.2, 0.25) is 10.0 Å². The van der Waals surface area contributed by atoms with Crippen LogP contribution in [0.2, 0.25) is 0 Å². The lowest BCUT2D eigenvalue weighted by molar-refractivity contribution is 0.103. The number of carbonyl (C=O) groups excluding carboxylic acids is 1. The molecule has 140 valence electrons. The van der Waals surface area contributed by atoms with Crippen molar-refractivity contribution in [3.63, 3.8) is 0 Å². The largest absolute Gasteiger partial charge is 0.445 e. The molecule has 1 aromatic heterocycles. The normalized spacial score (nSPS) is 17.3. The maximum atomic E-state index is 12.3. The number of anilines is 1.